The largest absolute Gasteiger partial charge is 0.342 e. The first-order chi connectivity index (χ1) is 8.70. The van der Waals surface area contributed by atoms with Crippen LogP contribution >= 0.6 is 11.3 Å². The quantitative estimate of drug-likeness (QED) is 0.888. The summed E-state index contributed by atoms with van der Waals surface area (Å²) in [6.45, 7) is 6.63. The van der Waals surface area contributed by atoms with Crippen LogP contribution in [0.25, 0.3) is 0 Å². The molecule has 1 aromatic heterocycles. The van der Waals surface area contributed by atoms with Crippen LogP contribution in [0.15, 0.2) is 12.1 Å². The molecule has 3 nitrogen and oxygen atoms in total. The number of carbonyl (C=O) groups excluding carboxylic acids is 1. The number of amides is 1. The van der Waals surface area contributed by atoms with E-state index in [-0.39, 0.29) is 11.9 Å². The summed E-state index contributed by atoms with van der Waals surface area (Å²) >= 11 is 1.84. The number of aryl methyl sites for hydroxylation is 1. The van der Waals surface area contributed by atoms with Crippen molar-refractivity contribution in [3.8, 4) is 0 Å². The highest BCUT2D eigenvalue weighted by atomic mass is 32.1. The van der Waals surface area contributed by atoms with Crippen molar-refractivity contribution in [1.82, 2.24) is 10.2 Å². The van der Waals surface area contributed by atoms with Gasteiger partial charge in [-0.3, -0.25) is 4.79 Å². The van der Waals surface area contributed by atoms with E-state index in [2.05, 4.69) is 31.3 Å². The average Bonchev–Trinajstić information content (AvgIpc) is 3.05. The van der Waals surface area contributed by atoms with Gasteiger partial charge in [0.1, 0.15) is 0 Å². The van der Waals surface area contributed by atoms with Gasteiger partial charge in [-0.25, -0.2) is 0 Å². The predicted molar refractivity (Wildman–Crippen MR) is 75.9 cm³/mol. The summed E-state index contributed by atoms with van der Waals surface area (Å²) in [6.07, 6.45) is 3.41. The Kier molecular flexibility index (Phi) is 4.78. The number of nitrogens with one attached hydrogen (secondary N) is 1. The number of hydrogen-bond donors (Lipinski definition) is 1. The number of rotatable bonds is 5. The molecule has 100 valence electrons. The van der Waals surface area contributed by atoms with Crippen molar-refractivity contribution in [2.75, 3.05) is 19.6 Å². The molecule has 1 saturated heterocycles. The van der Waals surface area contributed by atoms with Gasteiger partial charge in [0.05, 0.1) is 6.54 Å². The van der Waals surface area contributed by atoms with Crippen LogP contribution in [0.2, 0.25) is 0 Å². The van der Waals surface area contributed by atoms with Crippen molar-refractivity contribution in [2.45, 2.75) is 39.2 Å². The first-order valence-electron chi connectivity index (χ1n) is 6.80. The Morgan fingerprint density at radius 3 is 2.78 bits per heavy atom. The van der Waals surface area contributed by atoms with Crippen LogP contribution in [-0.4, -0.2) is 30.4 Å². The van der Waals surface area contributed by atoms with E-state index in [4.69, 9.17) is 0 Å². The summed E-state index contributed by atoms with van der Waals surface area (Å²) in [5.41, 5.74) is 0. The molecule has 0 aliphatic carbocycles. The average molecular weight is 266 g/mol. The van der Waals surface area contributed by atoms with Crippen molar-refractivity contribution >= 4 is 17.2 Å². The first-order valence-corrected chi connectivity index (χ1v) is 7.62. The van der Waals surface area contributed by atoms with Gasteiger partial charge >= 0.3 is 0 Å². The minimum atomic E-state index is 0.242. The van der Waals surface area contributed by atoms with Gasteiger partial charge in [-0.2, -0.15) is 0 Å². The van der Waals surface area contributed by atoms with Gasteiger partial charge in [0, 0.05) is 28.9 Å². The van der Waals surface area contributed by atoms with E-state index in [1.807, 2.05) is 16.2 Å². The minimum absolute atomic E-state index is 0.242. The Bertz CT molecular complexity index is 396. The Morgan fingerprint density at radius 1 is 1.44 bits per heavy atom. The fourth-order valence-corrected chi connectivity index (χ4v) is 3.22. The predicted octanol–water partition coefficient (Wildman–Crippen LogP) is 2.58. The Hall–Kier alpha value is -0.870. The molecule has 0 spiro atoms. The van der Waals surface area contributed by atoms with E-state index in [9.17, 15) is 4.79 Å². The molecule has 1 fully saturated rings. The lowest BCUT2D eigenvalue weighted by Gasteiger charge is -2.17. The Labute approximate surface area is 113 Å². The number of thiophene rings is 1. The fourth-order valence-electron chi connectivity index (χ4n) is 2.24. The second-order valence-corrected chi connectivity index (χ2v) is 6.05. The molecule has 1 unspecified atom stereocenters. The normalized spacial score (nSPS) is 17.1. The van der Waals surface area contributed by atoms with Gasteiger partial charge < -0.3 is 10.2 Å². The zero-order valence-electron chi connectivity index (χ0n) is 11.2. The number of carbonyl (C=O) groups is 1. The first kappa shape index (κ1) is 13.6. The second-order valence-electron chi connectivity index (χ2n) is 4.85. The maximum atomic E-state index is 11.9. The van der Waals surface area contributed by atoms with Crippen LogP contribution in [0.1, 0.15) is 42.5 Å². The summed E-state index contributed by atoms with van der Waals surface area (Å²) in [5.74, 6) is 0.242. The summed E-state index contributed by atoms with van der Waals surface area (Å²) in [6, 6.07) is 4.61. The zero-order valence-corrected chi connectivity index (χ0v) is 12.1. The third-order valence-corrected chi connectivity index (χ3v) is 4.89. The monoisotopic (exact) mass is 266 g/mol. The number of nitrogens with zero attached hydrogens (tertiary/aromatic N) is 1. The summed E-state index contributed by atoms with van der Waals surface area (Å²) in [5, 5.41) is 3.33. The molecule has 1 atom stereocenters. The molecule has 18 heavy (non-hydrogen) atoms. The smallest absolute Gasteiger partial charge is 0.236 e. The highest BCUT2D eigenvalue weighted by Gasteiger charge is 2.18. The lowest BCUT2D eigenvalue weighted by Crippen LogP contribution is -2.36. The third-order valence-electron chi connectivity index (χ3n) is 3.48. The van der Waals surface area contributed by atoms with Gasteiger partial charge in [0.15, 0.2) is 0 Å². The van der Waals surface area contributed by atoms with Crippen molar-refractivity contribution in [3.63, 3.8) is 0 Å². The van der Waals surface area contributed by atoms with Crippen LogP contribution in [0.3, 0.4) is 0 Å². The van der Waals surface area contributed by atoms with Gasteiger partial charge in [-0.15, -0.1) is 11.3 Å². The lowest BCUT2D eigenvalue weighted by molar-refractivity contribution is -0.129. The van der Waals surface area contributed by atoms with Crippen molar-refractivity contribution in [1.29, 1.82) is 0 Å². The van der Waals surface area contributed by atoms with Crippen LogP contribution < -0.4 is 5.32 Å². The fraction of sp³-hybridized carbons (Fsp3) is 0.643. The molecule has 1 aliphatic heterocycles. The third kappa shape index (κ3) is 3.33. The van der Waals surface area contributed by atoms with Crippen molar-refractivity contribution in [2.24, 2.45) is 0 Å². The summed E-state index contributed by atoms with van der Waals surface area (Å²) < 4.78 is 0. The molecule has 4 heteroatoms. The molecule has 1 amide bonds. The van der Waals surface area contributed by atoms with E-state index >= 15 is 0 Å². The maximum absolute atomic E-state index is 11.9. The molecular formula is C14H22N2OS. The Morgan fingerprint density at radius 2 is 2.17 bits per heavy atom. The van der Waals surface area contributed by atoms with E-state index in [0.717, 1.165) is 32.4 Å². The van der Waals surface area contributed by atoms with Crippen molar-refractivity contribution < 1.29 is 4.79 Å². The molecule has 1 aliphatic rings. The van der Waals surface area contributed by atoms with E-state index in [0.29, 0.717) is 6.54 Å². The SMILES string of the molecule is CCc1ccc(C(C)NCC(=O)N2CCCC2)s1. The lowest BCUT2D eigenvalue weighted by atomic mass is 10.2. The van der Waals surface area contributed by atoms with Gasteiger partial charge in [0.25, 0.3) is 0 Å². The summed E-state index contributed by atoms with van der Waals surface area (Å²) in [7, 11) is 0. The molecule has 0 bridgehead atoms. The van der Waals surface area contributed by atoms with Crippen LogP contribution in [-0.2, 0) is 11.2 Å². The molecule has 0 radical (unpaired) electrons. The van der Waals surface area contributed by atoms with Gasteiger partial charge in [-0.1, -0.05) is 6.92 Å². The van der Waals surface area contributed by atoms with Gasteiger partial charge in [-0.05, 0) is 38.3 Å². The molecule has 2 heterocycles. The molecule has 0 saturated carbocycles. The molecule has 1 N–H and O–H groups in total. The zero-order chi connectivity index (χ0) is 13.0. The minimum Gasteiger partial charge on any atom is -0.342 e. The number of likely N-dealkylation sites (tertiary alicyclic amines) is 1. The van der Waals surface area contributed by atoms with Crippen molar-refractivity contribution in [3.05, 3.63) is 21.9 Å². The van der Waals surface area contributed by atoms with E-state index < -0.39 is 0 Å². The highest BCUT2D eigenvalue weighted by Crippen LogP contribution is 2.23. The topological polar surface area (TPSA) is 32.3 Å². The van der Waals surface area contributed by atoms with Gasteiger partial charge in [0.2, 0.25) is 5.91 Å². The molecule has 0 aromatic carbocycles. The van der Waals surface area contributed by atoms with Crippen LogP contribution in [0.4, 0.5) is 0 Å². The Balaban J connectivity index is 1.80. The van der Waals surface area contributed by atoms with E-state index in [1.54, 1.807) is 0 Å². The molecule has 1 aromatic rings. The standard InChI is InChI=1S/C14H22N2OS/c1-3-12-6-7-13(18-12)11(2)15-10-14(17)16-8-4-5-9-16/h6-7,11,15H,3-5,8-10H2,1-2H3. The van der Waals surface area contributed by atoms with E-state index in [1.165, 1.54) is 9.75 Å². The highest BCUT2D eigenvalue weighted by molar-refractivity contribution is 7.12. The number of hydrogen-bond acceptors (Lipinski definition) is 3. The maximum Gasteiger partial charge on any atom is 0.236 e. The van der Waals surface area contributed by atoms with Crippen LogP contribution in [0, 0.1) is 0 Å². The molecular weight excluding hydrogens is 244 g/mol. The second kappa shape index (κ2) is 6.34. The summed E-state index contributed by atoms with van der Waals surface area (Å²) in [4.78, 5) is 16.6. The molecule has 2 rings (SSSR count). The van der Waals surface area contributed by atoms with Crippen LogP contribution in [0.5, 0.6) is 0 Å².